The van der Waals surface area contributed by atoms with Gasteiger partial charge in [-0.15, -0.1) is 0 Å². The van der Waals surface area contributed by atoms with E-state index >= 15 is 0 Å². The first-order valence-electron chi connectivity index (χ1n) is 6.17. The number of aliphatic hydroxyl groups is 2. The summed E-state index contributed by atoms with van der Waals surface area (Å²) in [6.07, 6.45) is -0.601. The second-order valence-electron chi connectivity index (χ2n) is 5.15. The fourth-order valence-corrected chi connectivity index (χ4v) is 1.41. The first kappa shape index (κ1) is 15.0. The molecule has 0 unspecified atom stereocenters. The normalized spacial score (nSPS) is 13.4. The van der Waals surface area contributed by atoms with E-state index in [1.807, 2.05) is 45.0 Å². The van der Waals surface area contributed by atoms with E-state index in [9.17, 15) is 5.11 Å². The molecule has 0 heterocycles. The van der Waals surface area contributed by atoms with E-state index < -0.39 is 6.10 Å². The lowest BCUT2D eigenvalue weighted by atomic mass is 10.1. The molecular weight excluding hydrogens is 230 g/mol. The molecule has 0 aliphatic carbocycles. The molecule has 0 aliphatic heterocycles. The summed E-state index contributed by atoms with van der Waals surface area (Å²) >= 11 is 0. The maximum atomic E-state index is 9.79. The average molecular weight is 253 g/mol. The van der Waals surface area contributed by atoms with Gasteiger partial charge in [0.2, 0.25) is 0 Å². The van der Waals surface area contributed by atoms with Crippen LogP contribution in [0.1, 0.15) is 19.4 Å². The number of rotatable bonds is 7. The first-order valence-corrected chi connectivity index (χ1v) is 6.17. The highest BCUT2D eigenvalue weighted by Crippen LogP contribution is 2.16. The van der Waals surface area contributed by atoms with Gasteiger partial charge in [-0.25, -0.2) is 0 Å². The number of hydrogen-bond acceptors (Lipinski definition) is 4. The summed E-state index contributed by atoms with van der Waals surface area (Å²) in [4.78, 5) is 0. The fourth-order valence-electron chi connectivity index (χ4n) is 1.41. The van der Waals surface area contributed by atoms with Crippen molar-refractivity contribution in [1.82, 2.24) is 5.32 Å². The van der Waals surface area contributed by atoms with Crippen LogP contribution in [0.25, 0.3) is 0 Å². The van der Waals surface area contributed by atoms with Crippen LogP contribution in [0.5, 0.6) is 5.75 Å². The molecule has 0 aromatic heterocycles. The molecule has 4 heteroatoms. The zero-order valence-electron chi connectivity index (χ0n) is 11.3. The van der Waals surface area contributed by atoms with Crippen LogP contribution in [-0.4, -0.2) is 41.6 Å². The van der Waals surface area contributed by atoms with Gasteiger partial charge >= 0.3 is 0 Å². The summed E-state index contributed by atoms with van der Waals surface area (Å²) in [6, 6.07) is 7.70. The van der Waals surface area contributed by atoms with Crippen molar-refractivity contribution in [1.29, 1.82) is 0 Å². The van der Waals surface area contributed by atoms with Crippen LogP contribution in [0.2, 0.25) is 0 Å². The summed E-state index contributed by atoms with van der Waals surface area (Å²) in [5, 5.41) is 21.9. The molecule has 1 atom stereocenters. The van der Waals surface area contributed by atoms with E-state index in [1.165, 1.54) is 0 Å². The standard InChI is InChI=1S/C14H23NO3/c1-11-6-4-5-7-13(11)18-9-12(17)8-15-14(2,3)10-16/h4-7,12,15-17H,8-10H2,1-3H3/t12-/m1/s1. The van der Waals surface area contributed by atoms with E-state index in [2.05, 4.69) is 5.32 Å². The van der Waals surface area contributed by atoms with Crippen molar-refractivity contribution in [3.8, 4) is 5.75 Å². The third kappa shape index (κ3) is 5.04. The van der Waals surface area contributed by atoms with Crippen molar-refractivity contribution in [2.75, 3.05) is 19.8 Å². The van der Waals surface area contributed by atoms with Crippen LogP contribution in [0.4, 0.5) is 0 Å². The topological polar surface area (TPSA) is 61.7 Å². The van der Waals surface area contributed by atoms with Gasteiger partial charge in [0.1, 0.15) is 18.5 Å². The third-order valence-electron chi connectivity index (χ3n) is 2.74. The number of ether oxygens (including phenoxy) is 1. The second kappa shape index (κ2) is 6.73. The number of aryl methyl sites for hydroxylation is 1. The number of benzene rings is 1. The van der Waals surface area contributed by atoms with Gasteiger partial charge in [0.05, 0.1) is 6.61 Å². The van der Waals surface area contributed by atoms with Crippen molar-refractivity contribution < 1.29 is 14.9 Å². The molecule has 0 saturated carbocycles. The number of β-amino-alcohol motifs (C(OH)–C–C–N with tert-alkyl or cyclic N) is 1. The van der Waals surface area contributed by atoms with Crippen LogP contribution in [0, 0.1) is 6.92 Å². The molecule has 4 nitrogen and oxygen atoms in total. The van der Waals surface area contributed by atoms with Gasteiger partial charge in [-0.3, -0.25) is 0 Å². The second-order valence-corrected chi connectivity index (χ2v) is 5.15. The van der Waals surface area contributed by atoms with Crippen LogP contribution in [0.15, 0.2) is 24.3 Å². The van der Waals surface area contributed by atoms with Gasteiger partial charge in [0.25, 0.3) is 0 Å². The number of nitrogens with one attached hydrogen (secondary N) is 1. The van der Waals surface area contributed by atoms with Crippen molar-refractivity contribution in [3.05, 3.63) is 29.8 Å². The average Bonchev–Trinajstić information content (AvgIpc) is 2.35. The Kier molecular flexibility index (Phi) is 5.59. The monoisotopic (exact) mass is 253 g/mol. The Labute approximate surface area is 109 Å². The third-order valence-corrected chi connectivity index (χ3v) is 2.74. The highest BCUT2D eigenvalue weighted by molar-refractivity contribution is 5.31. The van der Waals surface area contributed by atoms with Crippen LogP contribution < -0.4 is 10.1 Å². The Morgan fingerprint density at radius 3 is 2.61 bits per heavy atom. The summed E-state index contributed by atoms with van der Waals surface area (Å²) in [6.45, 7) is 6.37. The lowest BCUT2D eigenvalue weighted by Crippen LogP contribution is -2.47. The number of hydrogen-bond donors (Lipinski definition) is 3. The molecular formula is C14H23NO3. The van der Waals surface area contributed by atoms with Crippen LogP contribution >= 0.6 is 0 Å². The van der Waals surface area contributed by atoms with Crippen molar-refractivity contribution in [3.63, 3.8) is 0 Å². The van der Waals surface area contributed by atoms with Gasteiger partial charge in [-0.2, -0.15) is 0 Å². The molecule has 0 saturated heterocycles. The van der Waals surface area contributed by atoms with Crippen molar-refractivity contribution >= 4 is 0 Å². The zero-order chi connectivity index (χ0) is 13.6. The molecule has 18 heavy (non-hydrogen) atoms. The smallest absolute Gasteiger partial charge is 0.122 e. The Bertz CT molecular complexity index is 366. The van der Waals surface area contributed by atoms with Gasteiger partial charge in [-0.05, 0) is 32.4 Å². The highest BCUT2D eigenvalue weighted by atomic mass is 16.5. The lowest BCUT2D eigenvalue weighted by Gasteiger charge is -2.25. The van der Waals surface area contributed by atoms with Gasteiger partial charge in [-0.1, -0.05) is 18.2 Å². The predicted octanol–water partition coefficient (Wildman–Crippen LogP) is 1.10. The molecule has 0 bridgehead atoms. The van der Waals surface area contributed by atoms with Gasteiger partial charge in [0, 0.05) is 12.1 Å². The molecule has 3 N–H and O–H groups in total. The SMILES string of the molecule is Cc1ccccc1OC[C@H](O)CNC(C)(C)CO. The summed E-state index contributed by atoms with van der Waals surface area (Å²) in [5.74, 6) is 0.790. The molecule has 1 aromatic carbocycles. The molecule has 102 valence electrons. The maximum Gasteiger partial charge on any atom is 0.122 e. The summed E-state index contributed by atoms with van der Waals surface area (Å²) < 4.78 is 5.54. The Balaban J connectivity index is 2.34. The largest absolute Gasteiger partial charge is 0.491 e. The minimum Gasteiger partial charge on any atom is -0.491 e. The summed E-state index contributed by atoms with van der Waals surface area (Å²) in [7, 11) is 0. The minimum absolute atomic E-state index is 0.0262. The molecule has 0 radical (unpaired) electrons. The Hall–Kier alpha value is -1.10. The van der Waals surface area contributed by atoms with E-state index in [0.29, 0.717) is 6.54 Å². The Morgan fingerprint density at radius 2 is 2.00 bits per heavy atom. The van der Waals surface area contributed by atoms with E-state index in [1.54, 1.807) is 0 Å². The maximum absolute atomic E-state index is 9.79. The quantitative estimate of drug-likeness (QED) is 0.681. The molecule has 1 rings (SSSR count). The van der Waals surface area contributed by atoms with Crippen molar-refractivity contribution in [2.24, 2.45) is 0 Å². The molecule has 1 aromatic rings. The predicted molar refractivity (Wildman–Crippen MR) is 71.8 cm³/mol. The zero-order valence-corrected chi connectivity index (χ0v) is 11.3. The number of aliphatic hydroxyl groups excluding tert-OH is 2. The molecule has 0 fully saturated rings. The van der Waals surface area contributed by atoms with Crippen molar-refractivity contribution in [2.45, 2.75) is 32.4 Å². The fraction of sp³-hybridized carbons (Fsp3) is 0.571. The van der Waals surface area contributed by atoms with Gasteiger partial charge < -0.3 is 20.3 Å². The van der Waals surface area contributed by atoms with Crippen LogP contribution in [-0.2, 0) is 0 Å². The number of para-hydroxylation sites is 1. The van der Waals surface area contributed by atoms with Gasteiger partial charge in [0.15, 0.2) is 0 Å². The summed E-state index contributed by atoms with van der Waals surface area (Å²) in [5.41, 5.74) is 0.664. The minimum atomic E-state index is -0.601. The van der Waals surface area contributed by atoms with Crippen LogP contribution in [0.3, 0.4) is 0 Å². The lowest BCUT2D eigenvalue weighted by molar-refractivity contribution is 0.0904. The highest BCUT2D eigenvalue weighted by Gasteiger charge is 2.17. The first-order chi connectivity index (χ1) is 8.44. The Morgan fingerprint density at radius 1 is 1.33 bits per heavy atom. The van der Waals surface area contributed by atoms with E-state index in [-0.39, 0.29) is 18.8 Å². The molecule has 0 amide bonds. The molecule has 0 spiro atoms. The van der Waals surface area contributed by atoms with E-state index in [4.69, 9.17) is 9.84 Å². The van der Waals surface area contributed by atoms with E-state index in [0.717, 1.165) is 11.3 Å². The molecule has 0 aliphatic rings.